The number of aromatic amines is 1. The van der Waals surface area contributed by atoms with Crippen LogP contribution in [0.25, 0.3) is 11.3 Å². The van der Waals surface area contributed by atoms with E-state index in [0.29, 0.717) is 22.7 Å². The van der Waals surface area contributed by atoms with Gasteiger partial charge in [0, 0.05) is 22.7 Å². The maximum Gasteiger partial charge on any atom is 0.271 e. The first-order chi connectivity index (χ1) is 11.5. The first kappa shape index (κ1) is 16.2. The maximum atomic E-state index is 12.4. The van der Waals surface area contributed by atoms with E-state index in [1.807, 2.05) is 0 Å². The van der Waals surface area contributed by atoms with E-state index < -0.39 is 10.0 Å². The number of anilines is 1. The normalized spacial score (nSPS) is 11.2. The lowest BCUT2D eigenvalue weighted by Gasteiger charge is -2.07. The molecule has 3 aromatic rings. The number of nitrogens with one attached hydrogen (secondary N) is 2. The van der Waals surface area contributed by atoms with Crippen molar-refractivity contribution in [3.05, 3.63) is 58.2 Å². The summed E-state index contributed by atoms with van der Waals surface area (Å²) in [7, 11) is -2.16. The molecule has 0 spiro atoms. The zero-order valence-corrected chi connectivity index (χ0v) is 14.1. The van der Waals surface area contributed by atoms with Crippen molar-refractivity contribution in [1.29, 1.82) is 0 Å². The number of rotatable bonds is 5. The van der Waals surface area contributed by atoms with Crippen molar-refractivity contribution < 1.29 is 13.2 Å². The average molecular weight is 363 g/mol. The van der Waals surface area contributed by atoms with Gasteiger partial charge in [0.2, 0.25) is 0 Å². The van der Waals surface area contributed by atoms with Gasteiger partial charge in [-0.3, -0.25) is 9.52 Å². The van der Waals surface area contributed by atoms with Crippen LogP contribution in [0.4, 0.5) is 5.69 Å². The molecule has 0 fully saturated rings. The molecule has 0 saturated carbocycles. The van der Waals surface area contributed by atoms with Crippen LogP contribution in [-0.4, -0.2) is 25.7 Å². The predicted molar refractivity (Wildman–Crippen MR) is 92.0 cm³/mol. The lowest BCUT2D eigenvalue weighted by Crippen LogP contribution is -2.11. The predicted octanol–water partition coefficient (Wildman–Crippen LogP) is 2.31. The smallest absolute Gasteiger partial charge is 0.271 e. The summed E-state index contributed by atoms with van der Waals surface area (Å²) in [6.07, 6.45) is 0. The van der Waals surface area contributed by atoms with E-state index in [2.05, 4.69) is 14.9 Å². The lowest BCUT2D eigenvalue weighted by atomic mass is 10.2. The summed E-state index contributed by atoms with van der Waals surface area (Å²) in [6, 6.07) is 11.0. The Balaban J connectivity index is 1.84. The van der Waals surface area contributed by atoms with Crippen molar-refractivity contribution >= 4 is 27.0 Å². The molecule has 0 unspecified atom stereocenters. The Hall–Kier alpha value is -2.65. The largest absolute Gasteiger partial charge is 0.497 e. The second-order valence-corrected chi connectivity index (χ2v) is 7.62. The van der Waals surface area contributed by atoms with Gasteiger partial charge in [0.25, 0.3) is 15.6 Å². The number of methoxy groups -OCH3 is 1. The Morgan fingerprint density at radius 3 is 2.54 bits per heavy atom. The quantitative estimate of drug-likeness (QED) is 0.724. The number of sulfonamides is 1. The topological polar surface area (TPSA) is 101 Å². The van der Waals surface area contributed by atoms with Crippen LogP contribution in [-0.2, 0) is 10.0 Å². The van der Waals surface area contributed by atoms with Gasteiger partial charge in [-0.05, 0) is 36.4 Å². The Labute approximate surface area is 142 Å². The zero-order valence-electron chi connectivity index (χ0n) is 12.5. The number of benzene rings is 1. The fourth-order valence-corrected chi connectivity index (χ4v) is 4.19. The number of hydrogen-bond donors (Lipinski definition) is 2. The van der Waals surface area contributed by atoms with E-state index in [1.165, 1.54) is 25.3 Å². The second-order valence-electron chi connectivity index (χ2n) is 4.79. The van der Waals surface area contributed by atoms with Crippen molar-refractivity contribution in [3.8, 4) is 17.0 Å². The molecular formula is C15H13N3O4S2. The highest BCUT2D eigenvalue weighted by molar-refractivity contribution is 7.94. The van der Waals surface area contributed by atoms with E-state index in [1.54, 1.807) is 29.6 Å². The van der Waals surface area contributed by atoms with Gasteiger partial charge in [-0.15, -0.1) is 11.3 Å². The van der Waals surface area contributed by atoms with Crippen LogP contribution in [0, 0.1) is 0 Å². The molecule has 7 nitrogen and oxygen atoms in total. The summed E-state index contributed by atoms with van der Waals surface area (Å²) in [4.78, 5) is 11.0. The molecule has 0 saturated heterocycles. The molecule has 0 atom stereocenters. The van der Waals surface area contributed by atoms with Crippen LogP contribution in [0.5, 0.6) is 5.75 Å². The third-order valence-electron chi connectivity index (χ3n) is 3.16. The number of nitrogens with zero attached hydrogens (tertiary/aromatic N) is 1. The molecule has 1 aromatic carbocycles. The average Bonchev–Trinajstić information content (AvgIpc) is 3.07. The molecular weight excluding hydrogens is 350 g/mol. The summed E-state index contributed by atoms with van der Waals surface area (Å²) < 4.78 is 32.6. The van der Waals surface area contributed by atoms with E-state index in [0.717, 1.165) is 11.3 Å². The first-order valence-corrected chi connectivity index (χ1v) is 9.16. The van der Waals surface area contributed by atoms with Gasteiger partial charge in [0.1, 0.15) is 9.96 Å². The molecule has 124 valence electrons. The molecule has 0 radical (unpaired) electrons. The Kier molecular flexibility index (Phi) is 4.36. The molecule has 0 aliphatic heterocycles. The van der Waals surface area contributed by atoms with E-state index in [4.69, 9.17) is 4.74 Å². The van der Waals surface area contributed by atoms with Gasteiger partial charge in [-0.1, -0.05) is 0 Å². The minimum absolute atomic E-state index is 0.154. The SMILES string of the molecule is COc1ccc(NS(=O)(=O)c2cc(-c3ccc(=O)[nH]n3)cs2)cc1. The standard InChI is InChI=1S/C15H13N3O4S2/c1-22-12-4-2-11(3-5-12)18-24(20,21)15-8-10(9-23-15)13-6-7-14(19)17-16-13/h2-9,18H,1H3,(H,17,19). The maximum absolute atomic E-state index is 12.4. The van der Waals surface area contributed by atoms with Gasteiger partial charge in [0.15, 0.2) is 0 Å². The second kappa shape index (κ2) is 6.46. The molecule has 24 heavy (non-hydrogen) atoms. The summed E-state index contributed by atoms with van der Waals surface area (Å²) in [6.45, 7) is 0. The van der Waals surface area contributed by atoms with Gasteiger partial charge in [0.05, 0.1) is 12.8 Å². The van der Waals surface area contributed by atoms with Gasteiger partial charge >= 0.3 is 0 Å². The molecule has 2 aromatic heterocycles. The molecule has 0 bridgehead atoms. The van der Waals surface area contributed by atoms with Gasteiger partial charge < -0.3 is 4.74 Å². The van der Waals surface area contributed by atoms with Crippen LogP contribution in [0.1, 0.15) is 0 Å². The molecule has 0 aliphatic carbocycles. The van der Waals surface area contributed by atoms with Crippen molar-refractivity contribution in [2.75, 3.05) is 11.8 Å². The Morgan fingerprint density at radius 1 is 1.17 bits per heavy atom. The number of H-pyrrole nitrogens is 1. The van der Waals surface area contributed by atoms with Gasteiger partial charge in [-0.25, -0.2) is 13.5 Å². The summed E-state index contributed by atoms with van der Waals surface area (Å²) in [5, 5.41) is 7.88. The fourth-order valence-electron chi connectivity index (χ4n) is 1.96. The van der Waals surface area contributed by atoms with Crippen LogP contribution < -0.4 is 15.0 Å². The highest BCUT2D eigenvalue weighted by Crippen LogP contribution is 2.28. The first-order valence-electron chi connectivity index (χ1n) is 6.79. The molecule has 0 amide bonds. The third-order valence-corrected chi connectivity index (χ3v) is 5.98. The third kappa shape index (κ3) is 3.47. The highest BCUT2D eigenvalue weighted by Gasteiger charge is 2.18. The number of ether oxygens (including phenoxy) is 1. The minimum atomic E-state index is -3.70. The molecule has 9 heteroatoms. The summed E-state index contributed by atoms with van der Waals surface area (Å²) in [5.74, 6) is 0.639. The number of hydrogen-bond acceptors (Lipinski definition) is 6. The van der Waals surface area contributed by atoms with Crippen LogP contribution in [0.15, 0.2) is 56.8 Å². The van der Waals surface area contributed by atoms with E-state index in [-0.39, 0.29) is 9.77 Å². The molecule has 0 aliphatic rings. The number of thiophene rings is 1. The lowest BCUT2D eigenvalue weighted by molar-refractivity contribution is 0.415. The molecule has 3 rings (SSSR count). The summed E-state index contributed by atoms with van der Waals surface area (Å²) >= 11 is 1.08. The Bertz CT molecular complexity index is 987. The summed E-state index contributed by atoms with van der Waals surface area (Å²) in [5.41, 5.74) is 1.24. The molecule has 2 N–H and O–H groups in total. The number of aromatic nitrogens is 2. The van der Waals surface area contributed by atoms with Crippen molar-refractivity contribution in [1.82, 2.24) is 10.2 Å². The van der Waals surface area contributed by atoms with Crippen LogP contribution in [0.3, 0.4) is 0 Å². The monoisotopic (exact) mass is 363 g/mol. The van der Waals surface area contributed by atoms with Crippen molar-refractivity contribution in [3.63, 3.8) is 0 Å². The molecule has 2 heterocycles. The van der Waals surface area contributed by atoms with Crippen molar-refractivity contribution in [2.24, 2.45) is 0 Å². The van der Waals surface area contributed by atoms with Crippen molar-refractivity contribution in [2.45, 2.75) is 4.21 Å². The van der Waals surface area contributed by atoms with E-state index in [9.17, 15) is 13.2 Å². The van der Waals surface area contributed by atoms with E-state index >= 15 is 0 Å². The van der Waals surface area contributed by atoms with Crippen LogP contribution in [0.2, 0.25) is 0 Å². The fraction of sp³-hybridized carbons (Fsp3) is 0.0667. The van der Waals surface area contributed by atoms with Crippen LogP contribution >= 0.6 is 11.3 Å². The van der Waals surface area contributed by atoms with Gasteiger partial charge in [-0.2, -0.15) is 5.10 Å². The zero-order chi connectivity index (χ0) is 17.2. The highest BCUT2D eigenvalue weighted by atomic mass is 32.2. The minimum Gasteiger partial charge on any atom is -0.497 e. The Morgan fingerprint density at radius 2 is 1.92 bits per heavy atom.